The Morgan fingerprint density at radius 1 is 1.11 bits per heavy atom. The molecule has 7 nitrogen and oxygen atoms in total. The van der Waals surface area contributed by atoms with Gasteiger partial charge in [0.05, 0.1) is 0 Å². The number of anilines is 1. The molecule has 0 fully saturated rings. The Kier molecular flexibility index (Phi) is 4.87. The predicted octanol–water partition coefficient (Wildman–Crippen LogP) is 3.61. The molecule has 0 bridgehead atoms. The Bertz CT molecular complexity index is 1020. The molecule has 0 atom stereocenters. The summed E-state index contributed by atoms with van der Waals surface area (Å²) < 4.78 is 28.7. The van der Waals surface area contributed by atoms with E-state index in [4.69, 9.17) is 11.6 Å². The van der Waals surface area contributed by atoms with E-state index >= 15 is 0 Å². The highest BCUT2D eigenvalue weighted by molar-refractivity contribution is 7.90. The number of amides is 2. The van der Waals surface area contributed by atoms with Gasteiger partial charge in [0.25, 0.3) is 10.0 Å². The SMILES string of the molecule is CC(C)n1ccc(S(=O)(=O)NC(=O)Nc2c3c(c(Cl)c4c2CCC4)CCC3)n1. The topological polar surface area (TPSA) is 93.1 Å². The van der Waals surface area contributed by atoms with Crippen molar-refractivity contribution in [1.82, 2.24) is 14.5 Å². The third kappa shape index (κ3) is 3.28. The number of sulfonamides is 1. The number of hydrogen-bond donors (Lipinski definition) is 2. The lowest BCUT2D eigenvalue weighted by Gasteiger charge is -2.18. The van der Waals surface area contributed by atoms with Crippen molar-refractivity contribution in [2.75, 3.05) is 5.32 Å². The number of nitrogens with one attached hydrogen (secondary N) is 2. The van der Waals surface area contributed by atoms with Crippen LogP contribution >= 0.6 is 11.6 Å². The molecule has 2 aromatic rings. The van der Waals surface area contributed by atoms with Crippen LogP contribution in [0.2, 0.25) is 5.02 Å². The van der Waals surface area contributed by atoms with Crippen LogP contribution in [0.5, 0.6) is 0 Å². The summed E-state index contributed by atoms with van der Waals surface area (Å²) in [6.45, 7) is 3.79. The smallest absolute Gasteiger partial charge is 0.307 e. The summed E-state index contributed by atoms with van der Waals surface area (Å²) in [6, 6.07) is 0.634. The lowest BCUT2D eigenvalue weighted by atomic mass is 9.98. The Morgan fingerprint density at radius 2 is 1.68 bits per heavy atom. The quantitative estimate of drug-likeness (QED) is 0.787. The molecule has 4 rings (SSSR count). The molecule has 1 aromatic heterocycles. The van der Waals surface area contributed by atoms with Gasteiger partial charge in [-0.2, -0.15) is 13.5 Å². The van der Waals surface area contributed by atoms with Gasteiger partial charge in [-0.1, -0.05) is 11.6 Å². The van der Waals surface area contributed by atoms with Gasteiger partial charge in [-0.25, -0.2) is 9.52 Å². The van der Waals surface area contributed by atoms with Crippen molar-refractivity contribution in [3.05, 3.63) is 39.5 Å². The highest BCUT2D eigenvalue weighted by Gasteiger charge is 2.29. The fourth-order valence-electron chi connectivity index (χ4n) is 4.10. The number of benzene rings is 1. The number of carbonyl (C=O) groups excluding carboxylic acids is 1. The normalized spacial score (nSPS) is 15.6. The van der Waals surface area contributed by atoms with E-state index in [1.807, 2.05) is 13.8 Å². The van der Waals surface area contributed by atoms with Crippen LogP contribution in [-0.2, 0) is 35.7 Å². The molecule has 2 aliphatic rings. The summed E-state index contributed by atoms with van der Waals surface area (Å²) in [5, 5.41) is 7.49. The molecule has 0 saturated carbocycles. The van der Waals surface area contributed by atoms with Crippen molar-refractivity contribution in [3.8, 4) is 0 Å². The maximum absolute atomic E-state index is 12.6. The second kappa shape index (κ2) is 7.08. The molecule has 9 heteroatoms. The molecule has 2 N–H and O–H groups in total. The molecular formula is C19H23ClN4O3S. The van der Waals surface area contributed by atoms with Gasteiger partial charge in [0, 0.05) is 22.9 Å². The maximum atomic E-state index is 12.6. The summed E-state index contributed by atoms with van der Waals surface area (Å²) in [5.41, 5.74) is 5.02. The van der Waals surface area contributed by atoms with Gasteiger partial charge >= 0.3 is 6.03 Å². The lowest BCUT2D eigenvalue weighted by molar-refractivity contribution is 0.256. The number of urea groups is 1. The van der Waals surface area contributed by atoms with Crippen molar-refractivity contribution in [2.24, 2.45) is 0 Å². The van der Waals surface area contributed by atoms with Crippen molar-refractivity contribution >= 4 is 33.3 Å². The largest absolute Gasteiger partial charge is 0.333 e. The van der Waals surface area contributed by atoms with Crippen LogP contribution in [0.4, 0.5) is 10.5 Å². The zero-order valence-corrected chi connectivity index (χ0v) is 17.5. The van der Waals surface area contributed by atoms with Crippen molar-refractivity contribution in [3.63, 3.8) is 0 Å². The first-order valence-corrected chi connectivity index (χ1v) is 11.4. The van der Waals surface area contributed by atoms with E-state index in [9.17, 15) is 13.2 Å². The predicted molar refractivity (Wildman–Crippen MR) is 107 cm³/mol. The van der Waals surface area contributed by atoms with Gasteiger partial charge in [0.1, 0.15) is 0 Å². The number of fused-ring (bicyclic) bond motifs is 2. The standard InChI is InChI=1S/C19H23ClN4O3S/c1-11(2)24-10-9-16(22-24)28(26,27)23-19(25)21-18-14-7-3-5-12(14)17(20)13-6-4-8-15(13)18/h9-11H,3-8H2,1-2H3,(H2,21,23,25). The van der Waals surface area contributed by atoms with E-state index in [1.54, 1.807) is 6.20 Å². The zero-order valence-electron chi connectivity index (χ0n) is 15.9. The fraction of sp³-hybridized carbons (Fsp3) is 0.474. The number of hydrogen-bond acceptors (Lipinski definition) is 4. The van der Waals surface area contributed by atoms with E-state index in [0.29, 0.717) is 0 Å². The van der Waals surface area contributed by atoms with Gasteiger partial charge in [0.15, 0.2) is 5.03 Å². The fourth-order valence-corrected chi connectivity index (χ4v) is 5.36. The van der Waals surface area contributed by atoms with Crippen LogP contribution in [0.1, 0.15) is 55.0 Å². The zero-order chi connectivity index (χ0) is 20.1. The average molecular weight is 423 g/mol. The van der Waals surface area contributed by atoms with E-state index in [2.05, 4.69) is 15.1 Å². The minimum atomic E-state index is -4.05. The van der Waals surface area contributed by atoms with Crippen LogP contribution in [0.25, 0.3) is 0 Å². The summed E-state index contributed by atoms with van der Waals surface area (Å²) >= 11 is 6.59. The minimum absolute atomic E-state index is 0.0250. The molecule has 1 aromatic carbocycles. The monoisotopic (exact) mass is 422 g/mol. The number of carbonyl (C=O) groups is 1. The molecule has 0 saturated heterocycles. The minimum Gasteiger partial charge on any atom is -0.307 e. The first-order chi connectivity index (χ1) is 13.3. The van der Waals surface area contributed by atoms with Gasteiger partial charge < -0.3 is 5.32 Å². The third-order valence-corrected chi connectivity index (χ3v) is 7.10. The second-order valence-electron chi connectivity index (χ2n) is 7.60. The van der Waals surface area contributed by atoms with Crippen molar-refractivity contribution in [1.29, 1.82) is 0 Å². The van der Waals surface area contributed by atoms with Gasteiger partial charge in [-0.05, 0) is 80.7 Å². The molecule has 1 heterocycles. The Morgan fingerprint density at radius 3 is 2.21 bits per heavy atom. The third-order valence-electron chi connectivity index (χ3n) is 5.42. The van der Waals surface area contributed by atoms with Gasteiger partial charge in [0.2, 0.25) is 0 Å². The number of rotatable bonds is 4. The maximum Gasteiger partial charge on any atom is 0.333 e. The molecule has 0 aliphatic heterocycles. The van der Waals surface area contributed by atoms with E-state index < -0.39 is 16.1 Å². The highest BCUT2D eigenvalue weighted by atomic mass is 35.5. The van der Waals surface area contributed by atoms with E-state index in [1.165, 1.54) is 10.7 Å². The molecule has 0 spiro atoms. The summed E-state index contributed by atoms with van der Waals surface area (Å²) in [5.74, 6) is 0. The Hall–Kier alpha value is -2.06. The second-order valence-corrected chi connectivity index (χ2v) is 9.60. The van der Waals surface area contributed by atoms with E-state index in [-0.39, 0.29) is 11.1 Å². The number of aromatic nitrogens is 2. The molecule has 0 unspecified atom stereocenters. The molecule has 0 radical (unpaired) electrons. The number of nitrogens with zero attached hydrogens (tertiary/aromatic N) is 2. The van der Waals surface area contributed by atoms with Gasteiger partial charge in [-0.15, -0.1) is 0 Å². The summed E-state index contributed by atoms with van der Waals surface area (Å²) in [6.07, 6.45) is 7.01. The molecular weight excluding hydrogens is 400 g/mol. The van der Waals surface area contributed by atoms with Crippen molar-refractivity contribution < 1.29 is 13.2 Å². The Labute approximate surface area is 169 Å². The van der Waals surface area contributed by atoms with Crippen LogP contribution in [0, 0.1) is 0 Å². The first kappa shape index (κ1) is 19.3. The van der Waals surface area contributed by atoms with Crippen LogP contribution in [0.3, 0.4) is 0 Å². The molecule has 150 valence electrons. The van der Waals surface area contributed by atoms with Crippen LogP contribution < -0.4 is 10.0 Å². The van der Waals surface area contributed by atoms with Crippen LogP contribution in [-0.4, -0.2) is 24.2 Å². The average Bonchev–Trinajstić information content (AvgIpc) is 3.38. The lowest BCUT2D eigenvalue weighted by Crippen LogP contribution is -2.35. The van der Waals surface area contributed by atoms with E-state index in [0.717, 1.165) is 71.5 Å². The summed E-state index contributed by atoms with van der Waals surface area (Å²) in [7, 11) is -4.05. The highest BCUT2D eigenvalue weighted by Crippen LogP contribution is 2.43. The Balaban J connectivity index is 1.59. The van der Waals surface area contributed by atoms with Crippen molar-refractivity contribution in [2.45, 2.75) is 63.4 Å². The molecule has 2 aliphatic carbocycles. The molecule has 2 amide bonds. The number of halogens is 1. The molecule has 28 heavy (non-hydrogen) atoms. The van der Waals surface area contributed by atoms with Crippen LogP contribution in [0.15, 0.2) is 17.3 Å². The summed E-state index contributed by atoms with van der Waals surface area (Å²) in [4.78, 5) is 12.6. The van der Waals surface area contributed by atoms with Gasteiger partial charge in [-0.3, -0.25) is 4.68 Å². The first-order valence-electron chi connectivity index (χ1n) is 9.52.